The van der Waals surface area contributed by atoms with Crippen LogP contribution >= 0.6 is 11.6 Å². The second kappa shape index (κ2) is 3.96. The number of benzene rings is 1. The molecular weight excluding hydrogens is 162 g/mol. The molecule has 0 heterocycles. The maximum atomic E-state index is 5.51. The van der Waals surface area contributed by atoms with E-state index in [0.717, 1.165) is 5.02 Å². The Morgan fingerprint density at radius 2 is 2.25 bits per heavy atom. The molecule has 0 saturated heterocycles. The van der Waals surface area contributed by atoms with Gasteiger partial charge in [0, 0.05) is 17.1 Å². The Labute approximate surface area is 64.3 Å². The van der Waals surface area contributed by atoms with E-state index in [-0.39, 0.29) is 17.1 Å². The van der Waals surface area contributed by atoms with Crippen molar-refractivity contribution >= 4 is 11.6 Å². The molecule has 43 valence electrons. The van der Waals surface area contributed by atoms with E-state index in [1.165, 1.54) is 0 Å². The fraction of sp³-hybridized carbons (Fsp3) is 0. The van der Waals surface area contributed by atoms with E-state index in [1.54, 1.807) is 6.07 Å². The van der Waals surface area contributed by atoms with Gasteiger partial charge in [0.25, 0.3) is 0 Å². The minimum atomic E-state index is 0. The number of halogens is 1. The van der Waals surface area contributed by atoms with Crippen LogP contribution in [0.2, 0.25) is 5.02 Å². The monoisotopic (exact) mass is 166 g/mol. The second-order valence-corrected chi connectivity index (χ2v) is 1.66. The first-order valence-corrected chi connectivity index (χ1v) is 2.39. The van der Waals surface area contributed by atoms with E-state index in [1.807, 2.05) is 18.2 Å². The molecule has 0 nitrogen and oxygen atoms in total. The summed E-state index contributed by atoms with van der Waals surface area (Å²) >= 11 is 5.51. The SMILES string of the molecule is Clc1c[c-]ccc1.[Mn]. The second-order valence-electron chi connectivity index (χ2n) is 1.22. The standard InChI is InChI=1S/C6H4Cl.Mn/c7-6-4-2-1-3-5-6;/h1-2,4-5H;/q-1;. The Morgan fingerprint density at radius 3 is 2.50 bits per heavy atom. The first kappa shape index (κ1) is 8.03. The van der Waals surface area contributed by atoms with Crippen molar-refractivity contribution in [3.05, 3.63) is 35.4 Å². The molecule has 0 fully saturated rings. The molecule has 0 aromatic heterocycles. The van der Waals surface area contributed by atoms with Gasteiger partial charge >= 0.3 is 0 Å². The van der Waals surface area contributed by atoms with E-state index in [4.69, 9.17) is 11.6 Å². The van der Waals surface area contributed by atoms with Crippen molar-refractivity contribution < 1.29 is 17.1 Å². The number of hydrogen-bond donors (Lipinski definition) is 0. The molecule has 0 spiro atoms. The van der Waals surface area contributed by atoms with Crippen LogP contribution in [-0.2, 0) is 17.1 Å². The minimum absolute atomic E-state index is 0. The van der Waals surface area contributed by atoms with Crippen LogP contribution in [0.3, 0.4) is 0 Å². The predicted octanol–water partition coefficient (Wildman–Crippen LogP) is 2.14. The minimum Gasteiger partial charge on any atom is -0.182 e. The quantitative estimate of drug-likeness (QED) is 0.409. The Kier molecular flexibility index (Phi) is 3.98. The normalized spacial score (nSPS) is 7.62. The fourth-order valence-electron chi connectivity index (χ4n) is 0.371. The first-order chi connectivity index (χ1) is 3.39. The molecule has 0 unspecified atom stereocenters. The van der Waals surface area contributed by atoms with Gasteiger partial charge in [0.15, 0.2) is 0 Å². The molecule has 1 rings (SSSR count). The van der Waals surface area contributed by atoms with Crippen LogP contribution in [0, 0.1) is 6.07 Å². The summed E-state index contributed by atoms with van der Waals surface area (Å²) in [6, 6.07) is 10.0. The number of hydrogen-bond acceptors (Lipinski definition) is 0. The molecule has 0 bridgehead atoms. The van der Waals surface area contributed by atoms with Crippen molar-refractivity contribution in [3.63, 3.8) is 0 Å². The molecule has 0 saturated carbocycles. The Hall–Kier alpha value is 0.0295. The summed E-state index contributed by atoms with van der Waals surface area (Å²) in [5.41, 5.74) is 0. The van der Waals surface area contributed by atoms with Crippen LogP contribution in [0.5, 0.6) is 0 Å². The molecule has 0 aliphatic carbocycles. The third kappa shape index (κ3) is 2.37. The fourth-order valence-corrected chi connectivity index (χ4v) is 0.507. The molecule has 0 amide bonds. The maximum Gasteiger partial charge on any atom is 0 e. The summed E-state index contributed by atoms with van der Waals surface area (Å²) in [7, 11) is 0. The maximum absolute atomic E-state index is 5.51. The zero-order chi connectivity index (χ0) is 5.11. The van der Waals surface area contributed by atoms with Gasteiger partial charge in [0.05, 0.1) is 0 Å². The Bertz CT molecular complexity index is 138. The van der Waals surface area contributed by atoms with Gasteiger partial charge in [-0.2, -0.15) is 41.9 Å². The van der Waals surface area contributed by atoms with Crippen molar-refractivity contribution in [2.45, 2.75) is 0 Å². The van der Waals surface area contributed by atoms with Crippen LogP contribution in [0.4, 0.5) is 0 Å². The summed E-state index contributed by atoms with van der Waals surface area (Å²) in [6.07, 6.45) is 0. The van der Waals surface area contributed by atoms with Crippen LogP contribution < -0.4 is 0 Å². The van der Waals surface area contributed by atoms with Gasteiger partial charge in [-0.3, -0.25) is 0 Å². The molecular formula is C6H4ClMn-. The number of rotatable bonds is 0. The molecule has 0 atom stereocenters. The van der Waals surface area contributed by atoms with Crippen molar-refractivity contribution in [2.75, 3.05) is 0 Å². The van der Waals surface area contributed by atoms with Crippen molar-refractivity contribution in [2.24, 2.45) is 0 Å². The average Bonchev–Trinajstić information content (AvgIpc) is 1.69. The third-order valence-corrected chi connectivity index (χ3v) is 0.904. The summed E-state index contributed by atoms with van der Waals surface area (Å²) in [5.74, 6) is 0. The molecule has 1 radical (unpaired) electrons. The third-order valence-electron chi connectivity index (χ3n) is 0.669. The van der Waals surface area contributed by atoms with Crippen molar-refractivity contribution in [3.8, 4) is 0 Å². The topological polar surface area (TPSA) is 0 Å². The molecule has 0 N–H and O–H groups in total. The van der Waals surface area contributed by atoms with Crippen LogP contribution in [0.1, 0.15) is 0 Å². The first-order valence-electron chi connectivity index (χ1n) is 2.01. The van der Waals surface area contributed by atoms with E-state index in [9.17, 15) is 0 Å². The van der Waals surface area contributed by atoms with Gasteiger partial charge in [-0.05, 0) is 0 Å². The smallest absolute Gasteiger partial charge is 0 e. The largest absolute Gasteiger partial charge is 0.182 e. The van der Waals surface area contributed by atoms with Crippen LogP contribution in [-0.4, -0.2) is 0 Å². The van der Waals surface area contributed by atoms with E-state index < -0.39 is 0 Å². The van der Waals surface area contributed by atoms with Gasteiger partial charge in [0.1, 0.15) is 0 Å². The molecule has 0 aliphatic heterocycles. The molecule has 1 aromatic carbocycles. The molecule has 1 aromatic rings. The van der Waals surface area contributed by atoms with E-state index in [0.29, 0.717) is 0 Å². The van der Waals surface area contributed by atoms with Crippen LogP contribution in [0.25, 0.3) is 0 Å². The van der Waals surface area contributed by atoms with Gasteiger partial charge in [-0.15, -0.1) is 0 Å². The Morgan fingerprint density at radius 1 is 1.50 bits per heavy atom. The summed E-state index contributed by atoms with van der Waals surface area (Å²) in [4.78, 5) is 0. The summed E-state index contributed by atoms with van der Waals surface area (Å²) < 4.78 is 0. The summed E-state index contributed by atoms with van der Waals surface area (Å²) in [6.45, 7) is 0. The summed E-state index contributed by atoms with van der Waals surface area (Å²) in [5, 5.41) is 0.738. The van der Waals surface area contributed by atoms with Gasteiger partial charge in [-0.25, -0.2) is 0 Å². The zero-order valence-corrected chi connectivity index (χ0v) is 6.00. The molecule has 8 heavy (non-hydrogen) atoms. The zero-order valence-electron chi connectivity index (χ0n) is 4.07. The van der Waals surface area contributed by atoms with Gasteiger partial charge in [0.2, 0.25) is 0 Å². The van der Waals surface area contributed by atoms with E-state index >= 15 is 0 Å². The predicted molar refractivity (Wildman–Crippen MR) is 30.3 cm³/mol. The Balaban J connectivity index is 0.000000490. The average molecular weight is 166 g/mol. The molecule has 0 aliphatic rings. The van der Waals surface area contributed by atoms with Gasteiger partial charge in [-0.1, -0.05) is 5.02 Å². The molecule has 2 heteroatoms. The van der Waals surface area contributed by atoms with Crippen molar-refractivity contribution in [1.29, 1.82) is 0 Å². The van der Waals surface area contributed by atoms with E-state index in [2.05, 4.69) is 6.07 Å². The van der Waals surface area contributed by atoms with Gasteiger partial charge < -0.3 is 0 Å². The van der Waals surface area contributed by atoms with Crippen molar-refractivity contribution in [1.82, 2.24) is 0 Å². The van der Waals surface area contributed by atoms with Crippen LogP contribution in [0.15, 0.2) is 24.3 Å².